The van der Waals surface area contributed by atoms with Crippen LogP contribution in [0.25, 0.3) is 10.2 Å². The van der Waals surface area contributed by atoms with Crippen molar-refractivity contribution in [2.75, 3.05) is 31.9 Å². The summed E-state index contributed by atoms with van der Waals surface area (Å²) in [5, 5.41) is 0.889. The van der Waals surface area contributed by atoms with Gasteiger partial charge in [0.15, 0.2) is 5.76 Å². The Labute approximate surface area is 165 Å². The number of fused-ring (bicyclic) bond motifs is 2. The SMILES string of the molecule is Nc1c(C(=O)N2CCN(C(=O)c3ccco3)CC2)sc2nc3c(cc12)CCC3. The molecule has 0 unspecified atom stereocenters. The predicted molar refractivity (Wildman–Crippen MR) is 107 cm³/mol. The minimum Gasteiger partial charge on any atom is -0.459 e. The number of rotatable bonds is 2. The van der Waals surface area contributed by atoms with Crippen LogP contribution in [0.3, 0.4) is 0 Å². The van der Waals surface area contributed by atoms with Crippen LogP contribution >= 0.6 is 11.3 Å². The van der Waals surface area contributed by atoms with Gasteiger partial charge in [0.1, 0.15) is 9.71 Å². The lowest BCUT2D eigenvalue weighted by Crippen LogP contribution is -2.50. The van der Waals surface area contributed by atoms with E-state index in [1.54, 1.807) is 21.9 Å². The van der Waals surface area contributed by atoms with Gasteiger partial charge in [-0.25, -0.2) is 4.98 Å². The zero-order valence-corrected chi connectivity index (χ0v) is 16.1. The molecule has 1 aliphatic carbocycles. The first-order valence-electron chi connectivity index (χ1n) is 9.44. The summed E-state index contributed by atoms with van der Waals surface area (Å²) < 4.78 is 5.18. The molecule has 2 N–H and O–H groups in total. The van der Waals surface area contributed by atoms with Gasteiger partial charge in [-0.05, 0) is 43.0 Å². The highest BCUT2D eigenvalue weighted by atomic mass is 32.1. The maximum absolute atomic E-state index is 13.1. The summed E-state index contributed by atoms with van der Waals surface area (Å²) >= 11 is 1.37. The number of hydrogen-bond donors (Lipinski definition) is 1. The highest BCUT2D eigenvalue weighted by molar-refractivity contribution is 7.21. The Bertz CT molecular complexity index is 1070. The van der Waals surface area contributed by atoms with Gasteiger partial charge in [0, 0.05) is 37.3 Å². The van der Waals surface area contributed by atoms with Gasteiger partial charge in [0.05, 0.1) is 12.0 Å². The number of amides is 2. The highest BCUT2D eigenvalue weighted by Crippen LogP contribution is 2.36. The zero-order valence-electron chi connectivity index (χ0n) is 15.3. The molecule has 8 heteroatoms. The van der Waals surface area contributed by atoms with Crippen molar-refractivity contribution < 1.29 is 14.0 Å². The Morgan fingerprint density at radius 2 is 1.86 bits per heavy atom. The number of pyridine rings is 1. The van der Waals surface area contributed by atoms with Crippen LogP contribution in [0.15, 0.2) is 28.9 Å². The van der Waals surface area contributed by atoms with Gasteiger partial charge < -0.3 is 20.0 Å². The molecular formula is C20H20N4O3S. The Morgan fingerprint density at radius 1 is 1.11 bits per heavy atom. The fourth-order valence-corrected chi connectivity index (χ4v) is 5.03. The predicted octanol–water partition coefficient (Wildman–Crippen LogP) is 2.56. The fourth-order valence-electron chi connectivity index (χ4n) is 3.97. The van der Waals surface area contributed by atoms with Crippen molar-refractivity contribution in [3.63, 3.8) is 0 Å². The monoisotopic (exact) mass is 396 g/mol. The lowest BCUT2D eigenvalue weighted by molar-refractivity contribution is 0.0521. The summed E-state index contributed by atoms with van der Waals surface area (Å²) in [6, 6.07) is 5.45. The zero-order chi connectivity index (χ0) is 19.3. The number of aromatic nitrogens is 1. The molecule has 4 heterocycles. The van der Waals surface area contributed by atoms with E-state index < -0.39 is 0 Å². The quantitative estimate of drug-likeness (QED) is 0.719. The molecular weight excluding hydrogens is 376 g/mol. The van der Waals surface area contributed by atoms with Gasteiger partial charge in [-0.3, -0.25) is 9.59 Å². The number of nitrogens with zero attached hydrogens (tertiary/aromatic N) is 3. The number of hydrogen-bond acceptors (Lipinski definition) is 6. The Balaban J connectivity index is 1.33. The van der Waals surface area contributed by atoms with Crippen molar-refractivity contribution in [3.8, 4) is 0 Å². The first-order chi connectivity index (χ1) is 13.6. The topological polar surface area (TPSA) is 92.7 Å². The molecule has 2 aliphatic rings. The van der Waals surface area contributed by atoms with Crippen molar-refractivity contribution in [3.05, 3.63) is 46.4 Å². The van der Waals surface area contributed by atoms with E-state index in [9.17, 15) is 9.59 Å². The van der Waals surface area contributed by atoms with E-state index >= 15 is 0 Å². The Morgan fingerprint density at radius 3 is 2.57 bits per heavy atom. The number of carbonyl (C=O) groups is 2. The third-order valence-electron chi connectivity index (χ3n) is 5.53. The summed E-state index contributed by atoms with van der Waals surface area (Å²) in [5.74, 6) is 0.107. The second kappa shape index (κ2) is 6.63. The smallest absolute Gasteiger partial charge is 0.289 e. The van der Waals surface area contributed by atoms with Crippen molar-refractivity contribution in [1.29, 1.82) is 0 Å². The molecule has 1 fully saturated rings. The van der Waals surface area contributed by atoms with Crippen molar-refractivity contribution >= 4 is 39.1 Å². The van der Waals surface area contributed by atoms with Crippen LogP contribution in [-0.2, 0) is 12.8 Å². The number of nitrogens with two attached hydrogens (primary N) is 1. The molecule has 0 spiro atoms. The number of nitrogen functional groups attached to an aromatic ring is 1. The van der Waals surface area contributed by atoms with Crippen LogP contribution in [0, 0.1) is 0 Å². The number of aryl methyl sites for hydroxylation is 2. The van der Waals surface area contributed by atoms with E-state index in [1.165, 1.54) is 23.2 Å². The molecule has 5 rings (SSSR count). The second-order valence-electron chi connectivity index (χ2n) is 7.21. The van der Waals surface area contributed by atoms with Gasteiger partial charge >= 0.3 is 0 Å². The summed E-state index contributed by atoms with van der Waals surface area (Å²) in [6.07, 6.45) is 4.65. The van der Waals surface area contributed by atoms with Crippen molar-refractivity contribution in [2.45, 2.75) is 19.3 Å². The average molecular weight is 396 g/mol. The third-order valence-corrected chi connectivity index (χ3v) is 6.63. The molecule has 28 heavy (non-hydrogen) atoms. The van der Waals surface area contributed by atoms with E-state index in [-0.39, 0.29) is 11.8 Å². The lowest BCUT2D eigenvalue weighted by Gasteiger charge is -2.34. The average Bonchev–Trinajstić information content (AvgIpc) is 3.46. The molecule has 144 valence electrons. The molecule has 0 radical (unpaired) electrons. The largest absolute Gasteiger partial charge is 0.459 e. The summed E-state index contributed by atoms with van der Waals surface area (Å²) in [6.45, 7) is 1.90. The number of thiophene rings is 1. The van der Waals surface area contributed by atoms with Crippen LogP contribution in [0.1, 0.15) is 37.9 Å². The normalized spacial score (nSPS) is 16.6. The van der Waals surface area contributed by atoms with Gasteiger partial charge in [-0.15, -0.1) is 11.3 Å². The second-order valence-corrected chi connectivity index (χ2v) is 8.21. The van der Waals surface area contributed by atoms with E-state index in [0.29, 0.717) is 42.5 Å². The molecule has 0 saturated carbocycles. The van der Waals surface area contributed by atoms with Gasteiger partial charge in [-0.1, -0.05) is 0 Å². The van der Waals surface area contributed by atoms with Gasteiger partial charge in [0.25, 0.3) is 11.8 Å². The minimum atomic E-state index is -0.141. The van der Waals surface area contributed by atoms with E-state index in [1.807, 2.05) is 0 Å². The Kier molecular flexibility index (Phi) is 4.08. The lowest BCUT2D eigenvalue weighted by atomic mass is 10.1. The van der Waals surface area contributed by atoms with E-state index in [2.05, 4.69) is 6.07 Å². The van der Waals surface area contributed by atoms with Crippen LogP contribution in [0.2, 0.25) is 0 Å². The van der Waals surface area contributed by atoms with Crippen LogP contribution in [0.5, 0.6) is 0 Å². The van der Waals surface area contributed by atoms with Crippen LogP contribution < -0.4 is 5.73 Å². The molecule has 0 bridgehead atoms. The first kappa shape index (κ1) is 17.2. The number of furan rings is 1. The molecule has 2 amide bonds. The summed E-state index contributed by atoms with van der Waals surface area (Å²) in [5.41, 5.74) is 9.24. The first-order valence-corrected chi connectivity index (χ1v) is 10.3. The highest BCUT2D eigenvalue weighted by Gasteiger charge is 2.29. The van der Waals surface area contributed by atoms with Crippen molar-refractivity contribution in [2.24, 2.45) is 0 Å². The summed E-state index contributed by atoms with van der Waals surface area (Å²) in [4.78, 5) is 35.0. The minimum absolute atomic E-state index is 0.0780. The number of piperazine rings is 1. The number of anilines is 1. The number of carbonyl (C=O) groups excluding carboxylic acids is 2. The molecule has 1 saturated heterocycles. The third kappa shape index (κ3) is 2.75. The molecule has 3 aromatic rings. The molecule has 0 aromatic carbocycles. The van der Waals surface area contributed by atoms with Crippen molar-refractivity contribution in [1.82, 2.24) is 14.8 Å². The maximum Gasteiger partial charge on any atom is 0.289 e. The Hall–Kier alpha value is -2.87. The fraction of sp³-hybridized carbons (Fsp3) is 0.350. The maximum atomic E-state index is 13.1. The van der Waals surface area contributed by atoms with E-state index in [0.717, 1.165) is 35.2 Å². The molecule has 7 nitrogen and oxygen atoms in total. The molecule has 1 aliphatic heterocycles. The van der Waals surface area contributed by atoms with Crippen LogP contribution in [-0.4, -0.2) is 52.8 Å². The molecule has 0 atom stereocenters. The molecule has 3 aromatic heterocycles. The standard InChI is InChI=1S/C20H20N4O3S/c21-16-13-11-12-3-1-4-14(12)22-18(13)28-17(16)20(26)24-8-6-23(7-9-24)19(25)15-5-2-10-27-15/h2,5,10-11H,1,3-4,6-9,21H2. The van der Waals surface area contributed by atoms with Crippen LogP contribution in [0.4, 0.5) is 5.69 Å². The van der Waals surface area contributed by atoms with Gasteiger partial charge in [0.2, 0.25) is 0 Å². The van der Waals surface area contributed by atoms with Gasteiger partial charge in [-0.2, -0.15) is 0 Å². The summed E-state index contributed by atoms with van der Waals surface area (Å²) in [7, 11) is 0. The van der Waals surface area contributed by atoms with E-state index in [4.69, 9.17) is 15.1 Å².